The Kier molecular flexibility index (Phi) is 31.3. The SMILES string of the molecule is CC(=O)OC(C)=O.CC(C(=O)O)S(=O)(=O)[O-].CC(CC(=O)O)C(=O)Nc1ccc(N)cc1.Nc1ccc(N)cc1.Nc1ccc(NC(=O)CC(C(=O)O)S(=O)(=O)[O-])cc1.O=C1CC(S(=O)(=O)[O-])C(=O)O1.O=C=O. The summed E-state index contributed by atoms with van der Waals surface area (Å²) in [5.74, 6) is -9.60. The van der Waals surface area contributed by atoms with Gasteiger partial charge in [0.25, 0.3) is 0 Å². The zero-order valence-electron chi connectivity index (χ0n) is 38.2. The summed E-state index contributed by atoms with van der Waals surface area (Å²) in [5, 5.41) is 24.0. The molecule has 1 saturated heterocycles. The van der Waals surface area contributed by atoms with E-state index in [9.17, 15) is 82.1 Å². The molecule has 4 rings (SSSR count). The smallest absolute Gasteiger partial charge is 0.373 e. The van der Waals surface area contributed by atoms with E-state index in [0.29, 0.717) is 22.7 Å². The van der Waals surface area contributed by atoms with Gasteiger partial charge in [0.15, 0.2) is 10.5 Å². The molecular formula is C39H47N6O25S3-3. The lowest BCUT2D eigenvalue weighted by Gasteiger charge is -2.15. The molecule has 0 spiro atoms. The number of cyclic esters (lactones) is 2. The van der Waals surface area contributed by atoms with Crippen LogP contribution >= 0.6 is 0 Å². The summed E-state index contributed by atoms with van der Waals surface area (Å²) in [6.07, 6.45) is -1.54. The first-order valence-electron chi connectivity index (χ1n) is 19.2. The lowest BCUT2D eigenvalue weighted by atomic mass is 10.1. The number of esters is 4. The van der Waals surface area contributed by atoms with Crippen LogP contribution in [0.4, 0.5) is 34.1 Å². The third-order valence-corrected chi connectivity index (χ3v) is 10.7. The number of carbonyl (C=O) groups excluding carboxylic acids is 8. The summed E-state index contributed by atoms with van der Waals surface area (Å²) in [4.78, 5) is 110. The van der Waals surface area contributed by atoms with Crippen LogP contribution in [-0.2, 0) is 92.6 Å². The first-order valence-corrected chi connectivity index (χ1v) is 23.6. The molecule has 73 heavy (non-hydrogen) atoms. The second kappa shape index (κ2) is 33.2. The van der Waals surface area contributed by atoms with Crippen LogP contribution in [0, 0.1) is 5.92 Å². The quantitative estimate of drug-likeness (QED) is 0.0438. The molecule has 4 unspecified atom stereocenters. The normalized spacial score (nSPS) is 13.4. The maximum atomic E-state index is 11.5. The number of rotatable bonds is 12. The number of hydrogen-bond acceptors (Lipinski definition) is 26. The van der Waals surface area contributed by atoms with Crippen molar-refractivity contribution in [3.63, 3.8) is 0 Å². The number of carboxylic acid groups (broad SMARTS) is 3. The molecule has 34 heteroatoms. The number of nitrogens with two attached hydrogens (primary N) is 4. The molecule has 0 aliphatic carbocycles. The Balaban J connectivity index is -0.000000824. The lowest BCUT2D eigenvalue weighted by molar-refractivity contribution is -0.192. The zero-order chi connectivity index (χ0) is 57.6. The molecular weight excluding hydrogens is 1050 g/mol. The molecule has 3 aromatic rings. The van der Waals surface area contributed by atoms with Crippen molar-refractivity contribution in [1.82, 2.24) is 0 Å². The molecule has 1 aliphatic heterocycles. The average molecular weight is 1100 g/mol. The van der Waals surface area contributed by atoms with Gasteiger partial charge in [-0.15, -0.1) is 0 Å². The molecule has 0 saturated carbocycles. The number of anilines is 6. The van der Waals surface area contributed by atoms with E-state index in [-0.39, 0.29) is 18.5 Å². The fraction of sp³-hybridized carbons (Fsp3) is 0.282. The van der Waals surface area contributed by atoms with E-state index < -0.39 is 113 Å². The third kappa shape index (κ3) is 34.5. The minimum absolute atomic E-state index is 0.180. The summed E-state index contributed by atoms with van der Waals surface area (Å²) >= 11 is 0. The van der Waals surface area contributed by atoms with E-state index in [2.05, 4.69) is 20.1 Å². The molecule has 404 valence electrons. The van der Waals surface area contributed by atoms with Crippen LogP contribution in [0.3, 0.4) is 0 Å². The van der Waals surface area contributed by atoms with E-state index in [0.717, 1.165) is 18.3 Å². The van der Waals surface area contributed by atoms with Gasteiger partial charge >= 0.3 is 47.9 Å². The summed E-state index contributed by atoms with van der Waals surface area (Å²) in [6.45, 7) is 4.76. The number of nitrogens with one attached hydrogen (secondary N) is 2. The van der Waals surface area contributed by atoms with Crippen molar-refractivity contribution in [3.8, 4) is 0 Å². The Labute approximate surface area is 414 Å². The van der Waals surface area contributed by atoms with E-state index in [1.54, 1.807) is 55.5 Å². The van der Waals surface area contributed by atoms with Gasteiger partial charge in [0.2, 0.25) is 11.8 Å². The van der Waals surface area contributed by atoms with Crippen LogP contribution in [0.1, 0.15) is 47.0 Å². The Morgan fingerprint density at radius 2 is 1.01 bits per heavy atom. The molecule has 3 aromatic carbocycles. The highest BCUT2D eigenvalue weighted by Crippen LogP contribution is 2.16. The fourth-order valence-electron chi connectivity index (χ4n) is 3.94. The van der Waals surface area contributed by atoms with Gasteiger partial charge in [-0.05, 0) is 79.7 Å². The Morgan fingerprint density at radius 1 is 0.658 bits per heavy atom. The first kappa shape index (κ1) is 68.9. The van der Waals surface area contributed by atoms with E-state index in [1.807, 2.05) is 0 Å². The minimum Gasteiger partial charge on any atom is -0.747 e. The summed E-state index contributed by atoms with van der Waals surface area (Å²) < 4.78 is 99.9. The highest BCUT2D eigenvalue weighted by Gasteiger charge is 2.38. The first-order chi connectivity index (χ1) is 33.3. The fourth-order valence-corrected chi connectivity index (χ4v) is 5.42. The Morgan fingerprint density at radius 3 is 1.23 bits per heavy atom. The standard InChI is InChI=1S/C11H14N2O3.C10H12N2O6S.C6H8N2.C4H4O6S.C4H6O3.C3H6O5S.CO2/c1-7(6-10(14)15)11(16)13-9-4-2-8(12)3-5-9;11-6-1-3-7(4-2-6)12-9(13)5-8(10(14)15)19(16,17)18;7-5-1-2-6(8)4-3-5;5-3-1-2(4(6)10-3)11(7,8)9;1-3(5)7-4(2)6;1-2(3(4)5)9(6,7)8;2-1-3/h2-5,7H,6,12H2,1H3,(H,13,16)(H,14,15);1-4,8H,5,11H2,(H,12,13)(H,14,15)(H,16,17,18);1-4H,7-8H2;2H,1H2,(H,7,8,9);1-2H3;2H,1H3,(H,4,5)(H,6,7,8);/p-3. The van der Waals surface area contributed by atoms with Crippen LogP contribution in [0.25, 0.3) is 0 Å². The minimum atomic E-state index is -5.09. The maximum Gasteiger partial charge on any atom is 0.373 e. The van der Waals surface area contributed by atoms with Gasteiger partial charge in [-0.1, -0.05) is 6.92 Å². The zero-order valence-corrected chi connectivity index (χ0v) is 40.7. The molecule has 31 nitrogen and oxygen atoms in total. The average Bonchev–Trinajstić information content (AvgIpc) is 3.60. The number of nitrogen functional groups attached to an aromatic ring is 4. The summed E-state index contributed by atoms with van der Waals surface area (Å²) in [5.41, 5.74) is 25.1. The molecule has 4 atom stereocenters. The Bertz CT molecular complexity index is 2720. The highest BCUT2D eigenvalue weighted by atomic mass is 32.2. The van der Waals surface area contributed by atoms with Crippen molar-refractivity contribution in [2.24, 2.45) is 5.92 Å². The highest BCUT2D eigenvalue weighted by molar-refractivity contribution is 7.87. The topological polar surface area (TPSA) is 567 Å². The van der Waals surface area contributed by atoms with Gasteiger partial charge < -0.3 is 72.0 Å². The molecule has 0 bridgehead atoms. The molecule has 13 N–H and O–H groups in total. The van der Waals surface area contributed by atoms with Crippen LogP contribution in [0.15, 0.2) is 72.8 Å². The number of carboxylic acids is 3. The van der Waals surface area contributed by atoms with E-state index in [4.69, 9.17) is 47.8 Å². The van der Waals surface area contributed by atoms with Crippen molar-refractivity contribution in [2.45, 2.75) is 62.7 Å². The lowest BCUT2D eigenvalue weighted by Crippen LogP contribution is -2.34. The van der Waals surface area contributed by atoms with Gasteiger partial charge in [0.05, 0.1) is 19.3 Å². The molecule has 1 aliphatic rings. The van der Waals surface area contributed by atoms with Gasteiger partial charge in [-0.2, -0.15) is 9.59 Å². The monoisotopic (exact) mass is 1100 g/mol. The van der Waals surface area contributed by atoms with Crippen LogP contribution in [0.5, 0.6) is 0 Å². The van der Waals surface area contributed by atoms with Gasteiger partial charge in [-0.25, -0.2) is 25.3 Å². The third-order valence-electron chi connectivity index (χ3n) is 7.48. The second-order valence-electron chi connectivity index (χ2n) is 13.6. The number of benzene rings is 3. The summed E-state index contributed by atoms with van der Waals surface area (Å²) in [6, 6.07) is 19.7. The van der Waals surface area contributed by atoms with Crippen LogP contribution in [0.2, 0.25) is 0 Å². The number of amides is 2. The van der Waals surface area contributed by atoms with Crippen LogP contribution < -0.4 is 33.6 Å². The maximum absolute atomic E-state index is 11.5. The van der Waals surface area contributed by atoms with Crippen molar-refractivity contribution < 1.29 is 116 Å². The number of ether oxygens (including phenoxy) is 2. The molecule has 0 radical (unpaired) electrons. The van der Waals surface area contributed by atoms with Gasteiger partial charge in [0.1, 0.15) is 35.6 Å². The molecule has 1 heterocycles. The Hall–Kier alpha value is -8.40. The molecule has 2 amide bonds. The largest absolute Gasteiger partial charge is 0.747 e. The predicted octanol–water partition coefficient (Wildman–Crippen LogP) is -1.34. The van der Waals surface area contributed by atoms with Crippen molar-refractivity contribution >= 4 is 124 Å². The number of carbonyl (C=O) groups is 9. The van der Waals surface area contributed by atoms with Gasteiger partial charge in [-0.3, -0.25) is 43.2 Å². The van der Waals surface area contributed by atoms with E-state index in [1.165, 1.54) is 38.1 Å². The summed E-state index contributed by atoms with van der Waals surface area (Å²) in [7, 11) is -14.5. The van der Waals surface area contributed by atoms with Crippen molar-refractivity contribution in [1.29, 1.82) is 0 Å². The predicted molar refractivity (Wildman–Crippen MR) is 245 cm³/mol. The number of aliphatic carboxylic acids is 3. The second-order valence-corrected chi connectivity index (χ2v) is 18.4. The number of hydrogen-bond donors (Lipinski definition) is 9. The van der Waals surface area contributed by atoms with Crippen molar-refractivity contribution in [2.75, 3.05) is 33.6 Å². The van der Waals surface area contributed by atoms with Crippen molar-refractivity contribution in [3.05, 3.63) is 72.8 Å². The van der Waals surface area contributed by atoms with E-state index >= 15 is 0 Å². The van der Waals surface area contributed by atoms with Gasteiger partial charge in [0, 0.05) is 53.9 Å². The van der Waals surface area contributed by atoms with Crippen LogP contribution in [-0.4, -0.2) is 130 Å². The molecule has 0 aromatic heterocycles. The molecule has 1 fully saturated rings.